The van der Waals surface area contributed by atoms with Crippen LogP contribution in [0, 0.1) is 6.92 Å². The van der Waals surface area contributed by atoms with Crippen molar-refractivity contribution >= 4 is 40.6 Å². The fraction of sp³-hybridized carbons (Fsp3) is 0.320. The van der Waals surface area contributed by atoms with Gasteiger partial charge < -0.3 is 38.5 Å². The molecular formula is C25H25NO10S. The van der Waals surface area contributed by atoms with Gasteiger partial charge in [0.2, 0.25) is 5.75 Å². The lowest BCUT2D eigenvalue weighted by atomic mass is 9.91. The summed E-state index contributed by atoms with van der Waals surface area (Å²) in [5, 5.41) is 21.1. The molecule has 1 aromatic heterocycles. The molecule has 2 heterocycles. The van der Waals surface area contributed by atoms with Crippen molar-refractivity contribution in [1.29, 1.82) is 0 Å². The number of hydrogen-bond donors (Lipinski definition) is 2. The lowest BCUT2D eigenvalue weighted by molar-refractivity contribution is -0.143. The van der Waals surface area contributed by atoms with E-state index in [-0.39, 0.29) is 51.0 Å². The van der Waals surface area contributed by atoms with Gasteiger partial charge in [-0.15, -0.1) is 11.8 Å². The highest BCUT2D eigenvalue weighted by Gasteiger charge is 2.38. The number of aryl methyl sites for hydroxylation is 1. The van der Waals surface area contributed by atoms with E-state index in [1.807, 2.05) is 0 Å². The molecule has 1 atom stereocenters. The Kier molecular flexibility index (Phi) is 6.87. The summed E-state index contributed by atoms with van der Waals surface area (Å²) < 4.78 is 28.8. The Morgan fingerprint density at radius 3 is 2.05 bits per heavy atom. The number of carboxylic acid groups (broad SMARTS) is 2. The molecule has 4 rings (SSSR count). The Labute approximate surface area is 215 Å². The first-order valence-corrected chi connectivity index (χ1v) is 11.9. The van der Waals surface area contributed by atoms with Gasteiger partial charge in [-0.2, -0.15) is 0 Å². The molecule has 12 heteroatoms. The molecule has 1 aliphatic rings. The van der Waals surface area contributed by atoms with E-state index in [2.05, 4.69) is 0 Å². The molecule has 0 saturated carbocycles. The number of ether oxygens (including phenoxy) is 5. The van der Waals surface area contributed by atoms with Crippen molar-refractivity contribution in [2.45, 2.75) is 17.9 Å². The Hall–Kier alpha value is -4.06. The number of thioether (sulfide) groups is 1. The number of nitrogens with zero attached hydrogens (tertiary/aromatic N) is 1. The summed E-state index contributed by atoms with van der Waals surface area (Å²) in [6.07, 6.45) is 0. The van der Waals surface area contributed by atoms with Gasteiger partial charge in [-0.1, -0.05) is 0 Å². The minimum Gasteiger partial charge on any atom is -0.495 e. The second-order valence-corrected chi connectivity index (χ2v) is 9.09. The van der Waals surface area contributed by atoms with Gasteiger partial charge in [0.25, 0.3) is 0 Å². The molecular weight excluding hydrogens is 506 g/mol. The largest absolute Gasteiger partial charge is 0.495 e. The van der Waals surface area contributed by atoms with Gasteiger partial charge in [-0.25, -0.2) is 14.4 Å². The zero-order valence-electron chi connectivity index (χ0n) is 21.0. The van der Waals surface area contributed by atoms with Gasteiger partial charge in [0.1, 0.15) is 11.8 Å². The molecule has 0 unspecified atom stereocenters. The zero-order valence-corrected chi connectivity index (χ0v) is 21.8. The van der Waals surface area contributed by atoms with E-state index in [4.69, 9.17) is 23.7 Å². The van der Waals surface area contributed by atoms with Crippen LogP contribution in [0.5, 0.6) is 23.0 Å². The van der Waals surface area contributed by atoms with E-state index in [1.54, 1.807) is 17.6 Å². The second-order valence-electron chi connectivity index (χ2n) is 8.06. The number of aromatic nitrogens is 1. The highest BCUT2D eigenvalue weighted by molar-refractivity contribution is 7.99. The van der Waals surface area contributed by atoms with E-state index < -0.39 is 23.9 Å². The third-order valence-electron chi connectivity index (χ3n) is 6.29. The molecule has 0 radical (unpaired) electrons. The Bertz CT molecular complexity index is 1460. The summed E-state index contributed by atoms with van der Waals surface area (Å²) in [6.45, 7) is 1.79. The average molecular weight is 532 g/mol. The number of carbonyl (C=O) groups excluding carboxylic acids is 1. The monoisotopic (exact) mass is 531 g/mol. The van der Waals surface area contributed by atoms with Crippen LogP contribution in [-0.2, 0) is 9.53 Å². The highest BCUT2D eigenvalue weighted by atomic mass is 32.2. The van der Waals surface area contributed by atoms with Crippen LogP contribution in [0.3, 0.4) is 0 Å². The van der Waals surface area contributed by atoms with Gasteiger partial charge in [0.05, 0.1) is 52.2 Å². The average Bonchev–Trinajstić information content (AvgIpc) is 3.23. The molecule has 0 saturated heterocycles. The van der Waals surface area contributed by atoms with Crippen molar-refractivity contribution in [2.75, 3.05) is 41.3 Å². The first-order chi connectivity index (χ1) is 17.7. The van der Waals surface area contributed by atoms with Gasteiger partial charge in [0.15, 0.2) is 11.5 Å². The first kappa shape index (κ1) is 26.0. The van der Waals surface area contributed by atoms with Gasteiger partial charge >= 0.3 is 17.9 Å². The van der Waals surface area contributed by atoms with Crippen LogP contribution in [0.1, 0.15) is 32.5 Å². The minimum absolute atomic E-state index is 0.00821. The Balaban J connectivity index is 2.27. The van der Waals surface area contributed by atoms with Crippen molar-refractivity contribution in [3.05, 3.63) is 29.0 Å². The number of rotatable bonds is 8. The van der Waals surface area contributed by atoms with Crippen molar-refractivity contribution < 1.29 is 48.3 Å². The highest BCUT2D eigenvalue weighted by Crippen LogP contribution is 2.55. The molecule has 0 fully saturated rings. The minimum atomic E-state index is -1.34. The summed E-state index contributed by atoms with van der Waals surface area (Å²) in [6, 6.07) is 2.33. The van der Waals surface area contributed by atoms with E-state index in [1.165, 1.54) is 53.4 Å². The molecule has 2 N–H and O–H groups in total. The van der Waals surface area contributed by atoms with Crippen LogP contribution in [0.2, 0.25) is 0 Å². The predicted octanol–water partition coefficient (Wildman–Crippen LogP) is 3.87. The number of methoxy groups -OCH3 is 5. The van der Waals surface area contributed by atoms with Crippen LogP contribution in [-0.4, -0.2) is 74.0 Å². The molecule has 0 amide bonds. The molecule has 1 aliphatic heterocycles. The maximum Gasteiger partial charge on any atom is 0.337 e. The number of benzene rings is 2. The van der Waals surface area contributed by atoms with Gasteiger partial charge in [-0.05, 0) is 19.1 Å². The van der Waals surface area contributed by atoms with Crippen molar-refractivity contribution in [3.8, 4) is 34.1 Å². The summed E-state index contributed by atoms with van der Waals surface area (Å²) in [7, 11) is 6.68. The number of carbonyl (C=O) groups is 3. The zero-order chi connectivity index (χ0) is 27.2. The Morgan fingerprint density at radius 2 is 1.54 bits per heavy atom. The molecule has 3 aromatic rings. The Morgan fingerprint density at radius 1 is 0.892 bits per heavy atom. The van der Waals surface area contributed by atoms with Crippen LogP contribution >= 0.6 is 11.8 Å². The van der Waals surface area contributed by atoms with E-state index in [9.17, 15) is 24.6 Å². The SMILES string of the molecule is COC(=O)[C@@H]1CSc2c(C(=O)O)c(-c3c(C(=O)O)cc(OC)c(OC)c3OC)c(OC)c3cc(C)n1c23. The third kappa shape index (κ3) is 3.79. The summed E-state index contributed by atoms with van der Waals surface area (Å²) >= 11 is 1.17. The van der Waals surface area contributed by atoms with Gasteiger partial charge in [-0.3, -0.25) is 0 Å². The molecule has 0 bridgehead atoms. The van der Waals surface area contributed by atoms with Crippen LogP contribution in [0.25, 0.3) is 22.0 Å². The molecule has 37 heavy (non-hydrogen) atoms. The summed E-state index contributed by atoms with van der Waals surface area (Å²) in [5.74, 6) is -2.64. The third-order valence-corrected chi connectivity index (χ3v) is 7.46. The number of carboxylic acids is 2. The van der Waals surface area contributed by atoms with Crippen LogP contribution in [0.15, 0.2) is 17.0 Å². The van der Waals surface area contributed by atoms with E-state index in [0.29, 0.717) is 21.5 Å². The second kappa shape index (κ2) is 9.77. The van der Waals surface area contributed by atoms with E-state index >= 15 is 0 Å². The van der Waals surface area contributed by atoms with Crippen LogP contribution < -0.4 is 18.9 Å². The fourth-order valence-corrected chi connectivity index (χ4v) is 6.14. The topological polar surface area (TPSA) is 143 Å². The smallest absolute Gasteiger partial charge is 0.337 e. The summed E-state index contributed by atoms with van der Waals surface area (Å²) in [4.78, 5) is 38.2. The number of hydrogen-bond acceptors (Lipinski definition) is 9. The maximum absolute atomic E-state index is 12.8. The molecule has 0 aliphatic carbocycles. The lowest BCUT2D eigenvalue weighted by Gasteiger charge is -2.28. The maximum atomic E-state index is 12.8. The number of esters is 1. The van der Waals surface area contributed by atoms with Gasteiger partial charge in [0, 0.05) is 32.9 Å². The fourth-order valence-electron chi connectivity index (χ4n) is 4.85. The van der Waals surface area contributed by atoms with Crippen LogP contribution in [0.4, 0.5) is 0 Å². The lowest BCUT2D eigenvalue weighted by Crippen LogP contribution is -2.27. The molecule has 11 nitrogen and oxygen atoms in total. The summed E-state index contributed by atoms with van der Waals surface area (Å²) in [5.41, 5.74) is 0.668. The van der Waals surface area contributed by atoms with E-state index in [0.717, 1.165) is 0 Å². The molecule has 2 aromatic carbocycles. The first-order valence-electron chi connectivity index (χ1n) is 10.9. The quantitative estimate of drug-likeness (QED) is 0.409. The number of aromatic carboxylic acids is 2. The standard InChI is InChI=1S/C25H25NO10S/c1-10-7-12-18-22(37-9-13(26(10)18)25(31)36-6)17(24(29)30)16(19(12)33-3)15-11(23(27)28)8-14(32-2)20(34-4)21(15)35-5/h7-8,13H,9H2,1-6H3,(H,27,28)(H,29,30)/t13-/m0/s1. The van der Waals surface area contributed by atoms with Crippen molar-refractivity contribution in [2.24, 2.45) is 0 Å². The predicted molar refractivity (Wildman–Crippen MR) is 134 cm³/mol. The normalized spacial score (nSPS) is 14.3. The molecule has 196 valence electrons. The van der Waals surface area contributed by atoms with Crippen molar-refractivity contribution in [3.63, 3.8) is 0 Å². The van der Waals surface area contributed by atoms with Crippen molar-refractivity contribution in [1.82, 2.24) is 4.57 Å². The molecule has 0 spiro atoms.